The Morgan fingerprint density at radius 1 is 0.897 bits per heavy atom. The van der Waals surface area contributed by atoms with E-state index in [0.29, 0.717) is 54.5 Å². The zero-order valence-corrected chi connectivity index (χ0v) is 23.0. The first-order valence-corrected chi connectivity index (χ1v) is 13.0. The molecule has 0 atom stereocenters. The van der Waals surface area contributed by atoms with Gasteiger partial charge in [-0.15, -0.1) is 0 Å². The molecule has 0 radical (unpaired) electrons. The molecule has 1 amide bonds. The van der Waals surface area contributed by atoms with E-state index in [2.05, 4.69) is 5.32 Å². The van der Waals surface area contributed by atoms with Gasteiger partial charge in [-0.3, -0.25) is 4.79 Å². The minimum absolute atomic E-state index is 0.0178. The number of aldehydes is 1. The number of nitrogens with zero attached hydrogens (tertiary/aromatic N) is 1. The molecule has 2 saturated heterocycles. The highest BCUT2D eigenvalue weighted by atomic mass is 16.5. The molecule has 0 aliphatic carbocycles. The summed E-state index contributed by atoms with van der Waals surface area (Å²) in [6, 6.07) is 10.9. The summed E-state index contributed by atoms with van der Waals surface area (Å²) < 4.78 is 21.2. The van der Waals surface area contributed by atoms with Crippen molar-refractivity contribution in [2.24, 2.45) is 5.92 Å². The maximum atomic E-state index is 12.6. The van der Waals surface area contributed by atoms with Crippen molar-refractivity contribution in [2.75, 3.05) is 54.6 Å². The number of piperidine rings is 2. The standard InChI is InChI=1S/C15H19NO5.C14H19NO3/c1-20-12-5-3-4-11(14(12)21-2)13(17)10-6-8-16(9-7-10)15(18)19;1-17-12-5-3-4-11(13(12)18-2)14(10-16)6-8-15-9-7-14/h3-5,10H,6-9H2,1-2H3,(H,18,19);3-5,10,15H,6-9H2,1-2H3. The molecule has 0 bridgehead atoms. The van der Waals surface area contributed by atoms with Crippen LogP contribution in [0.3, 0.4) is 0 Å². The molecule has 2 aromatic rings. The zero-order valence-electron chi connectivity index (χ0n) is 23.0. The molecule has 2 heterocycles. The molecular formula is C29H38N2O8. The lowest BCUT2D eigenvalue weighted by Gasteiger charge is -2.34. The highest BCUT2D eigenvalue weighted by molar-refractivity contribution is 6.01. The Labute approximate surface area is 229 Å². The number of methoxy groups -OCH3 is 4. The molecule has 212 valence electrons. The molecule has 0 saturated carbocycles. The van der Waals surface area contributed by atoms with Gasteiger partial charge in [-0.2, -0.15) is 0 Å². The molecular weight excluding hydrogens is 504 g/mol. The van der Waals surface area contributed by atoms with E-state index in [-0.39, 0.29) is 11.7 Å². The summed E-state index contributed by atoms with van der Waals surface area (Å²) >= 11 is 0. The Hall–Kier alpha value is -3.79. The molecule has 10 nitrogen and oxygen atoms in total. The predicted molar refractivity (Wildman–Crippen MR) is 146 cm³/mol. The van der Waals surface area contributed by atoms with Crippen LogP contribution in [0.5, 0.6) is 23.0 Å². The van der Waals surface area contributed by atoms with Crippen LogP contribution in [0.25, 0.3) is 0 Å². The van der Waals surface area contributed by atoms with E-state index >= 15 is 0 Å². The fourth-order valence-corrected chi connectivity index (χ4v) is 5.24. The summed E-state index contributed by atoms with van der Waals surface area (Å²) in [6.45, 7) is 2.47. The van der Waals surface area contributed by atoms with Crippen LogP contribution >= 0.6 is 0 Å². The van der Waals surface area contributed by atoms with Gasteiger partial charge in [0.05, 0.1) is 39.4 Å². The smallest absolute Gasteiger partial charge is 0.407 e. The topological polar surface area (TPSA) is 124 Å². The van der Waals surface area contributed by atoms with E-state index < -0.39 is 11.5 Å². The van der Waals surface area contributed by atoms with Gasteiger partial charge in [0.15, 0.2) is 28.8 Å². The molecule has 0 spiro atoms. The van der Waals surface area contributed by atoms with E-state index in [1.807, 2.05) is 18.2 Å². The molecule has 2 fully saturated rings. The summed E-state index contributed by atoms with van der Waals surface area (Å²) in [5, 5.41) is 12.2. The Kier molecular flexibility index (Phi) is 10.6. The van der Waals surface area contributed by atoms with Crippen molar-refractivity contribution in [1.82, 2.24) is 10.2 Å². The van der Waals surface area contributed by atoms with Crippen LogP contribution < -0.4 is 24.3 Å². The van der Waals surface area contributed by atoms with Crippen LogP contribution in [0, 0.1) is 5.92 Å². The summed E-state index contributed by atoms with van der Waals surface area (Å²) in [5.41, 5.74) is 0.969. The number of carboxylic acid groups (broad SMARTS) is 1. The van der Waals surface area contributed by atoms with Gasteiger partial charge >= 0.3 is 6.09 Å². The number of carbonyl (C=O) groups excluding carboxylic acids is 2. The van der Waals surface area contributed by atoms with Gasteiger partial charge in [0.2, 0.25) is 0 Å². The average Bonchev–Trinajstić information content (AvgIpc) is 3.00. The minimum Gasteiger partial charge on any atom is -0.493 e. The molecule has 0 unspecified atom stereocenters. The lowest BCUT2D eigenvalue weighted by molar-refractivity contribution is -0.113. The third-order valence-electron chi connectivity index (χ3n) is 7.47. The van der Waals surface area contributed by atoms with Crippen LogP contribution in [0.2, 0.25) is 0 Å². The van der Waals surface area contributed by atoms with Crippen LogP contribution in [-0.2, 0) is 10.2 Å². The third kappa shape index (κ3) is 6.62. The number of ketones is 1. The first-order chi connectivity index (χ1) is 18.8. The van der Waals surface area contributed by atoms with Gasteiger partial charge < -0.3 is 39.1 Å². The van der Waals surface area contributed by atoms with Gasteiger partial charge in [0, 0.05) is 24.6 Å². The second-order valence-electron chi connectivity index (χ2n) is 9.51. The van der Waals surface area contributed by atoms with E-state index in [0.717, 1.165) is 37.8 Å². The SMILES string of the molecule is COc1cccc(C(=O)C2CCN(C(=O)O)CC2)c1OC.COc1cccc(C2(C=O)CCNCC2)c1OC. The van der Waals surface area contributed by atoms with Gasteiger partial charge in [0.25, 0.3) is 0 Å². The normalized spacial score (nSPS) is 16.8. The molecule has 4 rings (SSSR count). The molecule has 2 aromatic carbocycles. The van der Waals surface area contributed by atoms with E-state index in [1.54, 1.807) is 32.4 Å². The van der Waals surface area contributed by atoms with Crippen LogP contribution in [-0.4, -0.2) is 82.8 Å². The van der Waals surface area contributed by atoms with Crippen LogP contribution in [0.15, 0.2) is 36.4 Å². The number of para-hydroxylation sites is 2. The van der Waals surface area contributed by atoms with Crippen molar-refractivity contribution in [3.8, 4) is 23.0 Å². The van der Waals surface area contributed by atoms with Gasteiger partial charge in [0.1, 0.15) is 6.29 Å². The van der Waals surface area contributed by atoms with E-state index in [4.69, 9.17) is 24.1 Å². The van der Waals surface area contributed by atoms with Crippen LogP contribution in [0.1, 0.15) is 41.6 Å². The first kappa shape index (κ1) is 29.8. The fourth-order valence-electron chi connectivity index (χ4n) is 5.24. The van der Waals surface area contributed by atoms with E-state index in [9.17, 15) is 14.4 Å². The number of benzene rings is 2. The summed E-state index contributed by atoms with van der Waals surface area (Å²) in [4.78, 5) is 36.5. The second kappa shape index (κ2) is 13.8. The number of hydrogen-bond acceptors (Lipinski definition) is 8. The number of amides is 1. The quantitative estimate of drug-likeness (QED) is 0.379. The monoisotopic (exact) mass is 542 g/mol. The molecule has 39 heavy (non-hydrogen) atoms. The van der Waals surface area contributed by atoms with Crippen molar-refractivity contribution >= 4 is 18.2 Å². The van der Waals surface area contributed by atoms with Crippen LogP contribution in [0.4, 0.5) is 4.79 Å². The molecule has 0 aromatic heterocycles. The number of hydrogen-bond donors (Lipinski definition) is 2. The number of rotatable bonds is 8. The molecule has 2 aliphatic heterocycles. The van der Waals surface area contributed by atoms with Crippen molar-refractivity contribution < 1.29 is 38.4 Å². The number of ether oxygens (including phenoxy) is 4. The van der Waals surface area contributed by atoms with Gasteiger partial charge in [-0.05, 0) is 57.0 Å². The lowest BCUT2D eigenvalue weighted by Crippen LogP contribution is -2.41. The van der Waals surface area contributed by atoms with Crippen molar-refractivity contribution in [3.63, 3.8) is 0 Å². The zero-order chi connectivity index (χ0) is 28.4. The number of Topliss-reactive ketones (excluding diaryl/α,β-unsaturated/α-hetero) is 1. The maximum absolute atomic E-state index is 12.6. The second-order valence-corrected chi connectivity index (χ2v) is 9.51. The third-order valence-corrected chi connectivity index (χ3v) is 7.47. The van der Waals surface area contributed by atoms with Crippen molar-refractivity contribution in [3.05, 3.63) is 47.5 Å². The predicted octanol–water partition coefficient (Wildman–Crippen LogP) is 3.80. The summed E-state index contributed by atoms with van der Waals surface area (Å²) in [6.07, 6.45) is 2.78. The largest absolute Gasteiger partial charge is 0.493 e. The average molecular weight is 543 g/mol. The Balaban J connectivity index is 0.000000218. The highest BCUT2D eigenvalue weighted by Crippen LogP contribution is 2.42. The highest BCUT2D eigenvalue weighted by Gasteiger charge is 2.37. The number of likely N-dealkylation sites (tertiary alicyclic amines) is 1. The van der Waals surface area contributed by atoms with Gasteiger partial charge in [-0.25, -0.2) is 4.79 Å². The number of nitrogens with one attached hydrogen (secondary N) is 1. The van der Waals surface area contributed by atoms with Crippen molar-refractivity contribution in [2.45, 2.75) is 31.1 Å². The maximum Gasteiger partial charge on any atom is 0.407 e. The summed E-state index contributed by atoms with van der Waals surface area (Å²) in [7, 11) is 6.25. The first-order valence-electron chi connectivity index (χ1n) is 13.0. The lowest BCUT2D eigenvalue weighted by atomic mass is 9.74. The Morgan fingerprint density at radius 2 is 1.46 bits per heavy atom. The molecule has 10 heteroatoms. The fraction of sp³-hybridized carbons (Fsp3) is 0.483. The van der Waals surface area contributed by atoms with E-state index in [1.165, 1.54) is 19.1 Å². The Bertz CT molecular complexity index is 1140. The molecule has 2 N–H and O–H groups in total. The number of carbonyl (C=O) groups is 3. The van der Waals surface area contributed by atoms with Crippen molar-refractivity contribution in [1.29, 1.82) is 0 Å². The minimum atomic E-state index is -0.931. The molecule has 2 aliphatic rings. The Morgan fingerprint density at radius 3 is 1.97 bits per heavy atom. The van der Waals surface area contributed by atoms with Gasteiger partial charge in [-0.1, -0.05) is 18.2 Å². The summed E-state index contributed by atoms with van der Waals surface area (Å²) in [5.74, 6) is 2.11.